The monoisotopic (exact) mass is 235 g/mol. The zero-order valence-corrected chi connectivity index (χ0v) is 9.07. The predicted molar refractivity (Wildman–Crippen MR) is 65.1 cm³/mol. The van der Waals surface area contributed by atoms with Crippen molar-refractivity contribution in [1.82, 2.24) is 9.97 Å². The maximum atomic E-state index is 5.75. The number of hydrogen-bond acceptors (Lipinski definition) is 5. The van der Waals surface area contributed by atoms with Crippen molar-refractivity contribution >= 4 is 28.8 Å². The van der Waals surface area contributed by atoms with Crippen LogP contribution in [0.1, 0.15) is 0 Å². The second-order valence-corrected chi connectivity index (χ2v) is 3.40. The zero-order chi connectivity index (χ0) is 11.4. The number of nitrogens with one attached hydrogen (secondary N) is 2. The van der Waals surface area contributed by atoms with Crippen LogP contribution in [0.15, 0.2) is 36.7 Å². The predicted octanol–water partition coefficient (Wildman–Crippen LogP) is 2.15. The summed E-state index contributed by atoms with van der Waals surface area (Å²) in [7, 11) is 0. The number of rotatable bonds is 3. The van der Waals surface area contributed by atoms with Crippen LogP contribution in [0.2, 0.25) is 5.15 Å². The highest BCUT2D eigenvalue weighted by atomic mass is 35.5. The van der Waals surface area contributed by atoms with Crippen LogP contribution in [0.25, 0.3) is 0 Å². The fraction of sp³-hybridized carbons (Fsp3) is 0. The maximum Gasteiger partial charge on any atom is 0.172 e. The summed E-state index contributed by atoms with van der Waals surface area (Å²) in [5.74, 6) is 0.448. The van der Waals surface area contributed by atoms with Gasteiger partial charge >= 0.3 is 0 Å². The summed E-state index contributed by atoms with van der Waals surface area (Å²) in [6, 6.07) is 9.58. The molecule has 0 saturated heterocycles. The number of nitrogens with zero attached hydrogens (tertiary/aromatic N) is 2. The second-order valence-electron chi connectivity index (χ2n) is 3.04. The van der Waals surface area contributed by atoms with Crippen LogP contribution in [0, 0.1) is 0 Å². The van der Waals surface area contributed by atoms with Crippen molar-refractivity contribution in [2.45, 2.75) is 0 Å². The third-order valence-corrected chi connectivity index (χ3v) is 2.24. The molecule has 2 aromatic rings. The van der Waals surface area contributed by atoms with Gasteiger partial charge in [-0.2, -0.15) is 0 Å². The molecule has 0 radical (unpaired) electrons. The fourth-order valence-electron chi connectivity index (χ4n) is 1.13. The number of aromatic nitrogens is 2. The Labute approximate surface area is 97.6 Å². The Bertz CT molecular complexity index is 474. The molecular formula is C10H10ClN5. The Kier molecular flexibility index (Phi) is 3.07. The van der Waals surface area contributed by atoms with E-state index in [-0.39, 0.29) is 5.15 Å². The molecule has 0 aliphatic rings. The van der Waals surface area contributed by atoms with Crippen molar-refractivity contribution < 1.29 is 0 Å². The zero-order valence-electron chi connectivity index (χ0n) is 8.31. The molecule has 0 atom stereocenters. The minimum atomic E-state index is 0.229. The Morgan fingerprint density at radius 1 is 1.06 bits per heavy atom. The molecule has 16 heavy (non-hydrogen) atoms. The molecule has 0 aliphatic heterocycles. The average molecular weight is 236 g/mol. The second kappa shape index (κ2) is 4.67. The van der Waals surface area contributed by atoms with Crippen molar-refractivity contribution in [3.63, 3.8) is 0 Å². The standard InChI is InChI=1S/C10H10ClN5/c11-9-8(12)10(14-6-13-9)16-15-7-4-2-1-3-5-7/h1-6,15H,12H2,(H,13,14,16). The van der Waals surface area contributed by atoms with E-state index in [1.165, 1.54) is 6.33 Å². The lowest BCUT2D eigenvalue weighted by molar-refractivity contribution is 1.16. The van der Waals surface area contributed by atoms with Gasteiger partial charge in [0.15, 0.2) is 11.0 Å². The molecule has 82 valence electrons. The quantitative estimate of drug-likeness (QED) is 0.561. The van der Waals surface area contributed by atoms with Gasteiger partial charge in [-0.15, -0.1) is 0 Å². The molecule has 5 nitrogen and oxygen atoms in total. The molecule has 0 bridgehead atoms. The highest BCUT2D eigenvalue weighted by Crippen LogP contribution is 2.21. The summed E-state index contributed by atoms with van der Waals surface area (Å²) in [5.41, 5.74) is 12.7. The van der Waals surface area contributed by atoms with Gasteiger partial charge in [0.25, 0.3) is 0 Å². The number of benzene rings is 1. The Balaban J connectivity index is 2.08. The summed E-state index contributed by atoms with van der Waals surface area (Å²) in [5, 5.41) is 0.229. The number of nitrogens with two attached hydrogens (primary N) is 1. The van der Waals surface area contributed by atoms with E-state index in [9.17, 15) is 0 Å². The van der Waals surface area contributed by atoms with Crippen LogP contribution < -0.4 is 16.6 Å². The maximum absolute atomic E-state index is 5.75. The normalized spacial score (nSPS) is 9.81. The van der Waals surface area contributed by atoms with Gasteiger partial charge in [-0.1, -0.05) is 29.8 Å². The van der Waals surface area contributed by atoms with E-state index in [1.807, 2.05) is 30.3 Å². The SMILES string of the molecule is Nc1c(Cl)ncnc1NNc1ccccc1. The van der Waals surface area contributed by atoms with Crippen LogP contribution in [0.3, 0.4) is 0 Å². The molecule has 0 amide bonds. The van der Waals surface area contributed by atoms with Crippen LogP contribution >= 0.6 is 11.6 Å². The molecule has 2 rings (SSSR count). The number of nitrogen functional groups attached to an aromatic ring is 1. The molecule has 0 aliphatic carbocycles. The third kappa shape index (κ3) is 2.32. The largest absolute Gasteiger partial charge is 0.393 e. The fourth-order valence-corrected chi connectivity index (χ4v) is 1.26. The summed E-state index contributed by atoms with van der Waals surface area (Å²) in [4.78, 5) is 7.72. The van der Waals surface area contributed by atoms with Gasteiger partial charge in [0.05, 0.1) is 5.69 Å². The first kappa shape index (κ1) is 10.5. The Hall–Kier alpha value is -2.01. The van der Waals surface area contributed by atoms with E-state index in [0.717, 1.165) is 5.69 Å². The van der Waals surface area contributed by atoms with Gasteiger partial charge in [-0.05, 0) is 12.1 Å². The molecule has 1 aromatic carbocycles. The number of halogens is 1. The first-order chi connectivity index (χ1) is 7.77. The van der Waals surface area contributed by atoms with Gasteiger partial charge in [0, 0.05) is 0 Å². The molecule has 0 fully saturated rings. The number of para-hydroxylation sites is 1. The minimum Gasteiger partial charge on any atom is -0.393 e. The molecule has 1 heterocycles. The highest BCUT2D eigenvalue weighted by Gasteiger charge is 2.04. The van der Waals surface area contributed by atoms with Crippen molar-refractivity contribution in [1.29, 1.82) is 0 Å². The van der Waals surface area contributed by atoms with Gasteiger partial charge in [0.1, 0.15) is 12.0 Å². The van der Waals surface area contributed by atoms with E-state index in [4.69, 9.17) is 17.3 Å². The first-order valence-corrected chi connectivity index (χ1v) is 4.98. The lowest BCUT2D eigenvalue weighted by atomic mass is 10.3. The Morgan fingerprint density at radius 2 is 1.81 bits per heavy atom. The highest BCUT2D eigenvalue weighted by molar-refractivity contribution is 6.32. The average Bonchev–Trinajstić information content (AvgIpc) is 2.32. The Morgan fingerprint density at radius 3 is 2.56 bits per heavy atom. The summed E-state index contributed by atoms with van der Waals surface area (Å²) in [6.07, 6.45) is 1.34. The van der Waals surface area contributed by atoms with E-state index < -0.39 is 0 Å². The van der Waals surface area contributed by atoms with Crippen molar-refractivity contribution in [2.24, 2.45) is 0 Å². The van der Waals surface area contributed by atoms with Gasteiger partial charge in [-0.25, -0.2) is 9.97 Å². The minimum absolute atomic E-state index is 0.229. The molecule has 0 spiro atoms. The van der Waals surface area contributed by atoms with Crippen molar-refractivity contribution in [2.75, 3.05) is 16.6 Å². The van der Waals surface area contributed by atoms with E-state index in [1.54, 1.807) is 0 Å². The van der Waals surface area contributed by atoms with Gasteiger partial charge in [0.2, 0.25) is 0 Å². The lowest BCUT2D eigenvalue weighted by Crippen LogP contribution is -2.12. The van der Waals surface area contributed by atoms with Crippen LogP contribution in [0.4, 0.5) is 17.2 Å². The number of anilines is 3. The molecule has 0 unspecified atom stereocenters. The van der Waals surface area contributed by atoms with Crippen molar-refractivity contribution in [3.8, 4) is 0 Å². The smallest absolute Gasteiger partial charge is 0.172 e. The molecule has 0 saturated carbocycles. The number of hydrogen-bond donors (Lipinski definition) is 3. The molecule has 1 aromatic heterocycles. The summed E-state index contributed by atoms with van der Waals surface area (Å²) >= 11 is 5.75. The van der Waals surface area contributed by atoms with E-state index in [0.29, 0.717) is 11.5 Å². The molecular weight excluding hydrogens is 226 g/mol. The van der Waals surface area contributed by atoms with Crippen LogP contribution in [0.5, 0.6) is 0 Å². The third-order valence-electron chi connectivity index (χ3n) is 1.93. The first-order valence-electron chi connectivity index (χ1n) is 4.60. The summed E-state index contributed by atoms with van der Waals surface area (Å²) in [6.45, 7) is 0. The van der Waals surface area contributed by atoms with Crippen LogP contribution in [-0.4, -0.2) is 9.97 Å². The van der Waals surface area contributed by atoms with Gasteiger partial charge in [-0.3, -0.25) is 10.9 Å². The van der Waals surface area contributed by atoms with Crippen molar-refractivity contribution in [3.05, 3.63) is 41.8 Å². The summed E-state index contributed by atoms with van der Waals surface area (Å²) < 4.78 is 0. The van der Waals surface area contributed by atoms with E-state index in [2.05, 4.69) is 20.8 Å². The lowest BCUT2D eigenvalue weighted by Gasteiger charge is -2.10. The number of hydrazine groups is 1. The van der Waals surface area contributed by atoms with Gasteiger partial charge < -0.3 is 5.73 Å². The van der Waals surface area contributed by atoms with Crippen LogP contribution in [-0.2, 0) is 0 Å². The van der Waals surface area contributed by atoms with E-state index >= 15 is 0 Å². The molecule has 6 heteroatoms. The topological polar surface area (TPSA) is 75.9 Å². The molecule has 4 N–H and O–H groups in total.